The van der Waals surface area contributed by atoms with Crippen molar-refractivity contribution < 1.29 is 4.74 Å². The van der Waals surface area contributed by atoms with Crippen LogP contribution >= 0.6 is 11.6 Å². The summed E-state index contributed by atoms with van der Waals surface area (Å²) in [5.41, 5.74) is 1.10. The fraction of sp³-hybridized carbons (Fsp3) is 0.429. The molecule has 1 aromatic rings. The second-order valence-corrected chi connectivity index (χ2v) is 4.59. The smallest absolute Gasteiger partial charge is 0.142 e. The molecule has 3 heteroatoms. The molecule has 1 aromatic carbocycles. The Morgan fingerprint density at radius 2 is 2.29 bits per heavy atom. The monoisotopic (exact) mass is 249 g/mol. The first-order chi connectivity index (χ1) is 8.31. The molecular formula is C14H16ClNO. The van der Waals surface area contributed by atoms with E-state index in [2.05, 4.69) is 11.2 Å². The van der Waals surface area contributed by atoms with Crippen LogP contribution in [0.4, 0.5) is 0 Å². The first-order valence-corrected chi connectivity index (χ1v) is 6.26. The van der Waals surface area contributed by atoms with Gasteiger partial charge in [0.25, 0.3) is 0 Å². The molecule has 17 heavy (non-hydrogen) atoms. The lowest BCUT2D eigenvalue weighted by atomic mass is 10.2. The Morgan fingerprint density at radius 3 is 3.00 bits per heavy atom. The topological polar surface area (TPSA) is 21.3 Å². The summed E-state index contributed by atoms with van der Waals surface area (Å²) in [6.07, 6.45) is 8.34. The summed E-state index contributed by atoms with van der Waals surface area (Å²) in [4.78, 5) is 0. The largest absolute Gasteiger partial charge is 0.491 e. The van der Waals surface area contributed by atoms with E-state index in [4.69, 9.17) is 22.8 Å². The fourth-order valence-electron chi connectivity index (χ4n) is 1.61. The van der Waals surface area contributed by atoms with Gasteiger partial charge in [0, 0.05) is 24.6 Å². The summed E-state index contributed by atoms with van der Waals surface area (Å²) in [6.45, 7) is 1.31. The van der Waals surface area contributed by atoms with E-state index in [1.807, 2.05) is 18.2 Å². The van der Waals surface area contributed by atoms with Gasteiger partial charge in [0.2, 0.25) is 0 Å². The number of ether oxygens (including phenoxy) is 1. The van der Waals surface area contributed by atoms with Crippen molar-refractivity contribution in [3.05, 3.63) is 28.8 Å². The molecule has 2 nitrogen and oxygen atoms in total. The van der Waals surface area contributed by atoms with Gasteiger partial charge in [-0.2, -0.15) is 0 Å². The van der Waals surface area contributed by atoms with Crippen molar-refractivity contribution in [2.45, 2.75) is 31.8 Å². The Morgan fingerprint density at radius 1 is 1.47 bits per heavy atom. The van der Waals surface area contributed by atoms with Crippen LogP contribution in [0.3, 0.4) is 0 Å². The van der Waals surface area contributed by atoms with Crippen LogP contribution in [0.2, 0.25) is 5.02 Å². The van der Waals surface area contributed by atoms with Crippen LogP contribution in [0.25, 0.3) is 0 Å². The zero-order valence-electron chi connectivity index (χ0n) is 9.71. The number of hydrogen-bond acceptors (Lipinski definition) is 2. The molecule has 0 atom stereocenters. The number of rotatable bonds is 6. The van der Waals surface area contributed by atoms with Gasteiger partial charge in [-0.25, -0.2) is 0 Å². The Hall–Kier alpha value is -1.17. The van der Waals surface area contributed by atoms with Gasteiger partial charge >= 0.3 is 0 Å². The van der Waals surface area contributed by atoms with Gasteiger partial charge in [0.1, 0.15) is 5.75 Å². The van der Waals surface area contributed by atoms with Gasteiger partial charge in [-0.1, -0.05) is 23.7 Å². The summed E-state index contributed by atoms with van der Waals surface area (Å²) < 4.78 is 5.65. The summed E-state index contributed by atoms with van der Waals surface area (Å²) in [5, 5.41) is 4.10. The van der Waals surface area contributed by atoms with E-state index < -0.39 is 0 Å². The van der Waals surface area contributed by atoms with E-state index >= 15 is 0 Å². The highest BCUT2D eigenvalue weighted by molar-refractivity contribution is 6.32. The molecule has 0 aromatic heterocycles. The van der Waals surface area contributed by atoms with Gasteiger partial charge in [-0.15, -0.1) is 12.3 Å². The SMILES string of the molecule is C#CCCOc1c(Cl)cccc1CNC1CC1. The molecule has 0 spiro atoms. The Balaban J connectivity index is 2.01. The molecule has 1 aliphatic rings. The first kappa shape index (κ1) is 12.3. The number of nitrogens with one attached hydrogen (secondary N) is 1. The van der Waals surface area contributed by atoms with Crippen molar-refractivity contribution in [1.29, 1.82) is 0 Å². The fourth-order valence-corrected chi connectivity index (χ4v) is 1.86. The third kappa shape index (κ3) is 3.66. The highest BCUT2D eigenvalue weighted by Crippen LogP contribution is 2.29. The number of para-hydroxylation sites is 1. The van der Waals surface area contributed by atoms with Crippen molar-refractivity contribution in [2.75, 3.05) is 6.61 Å². The van der Waals surface area contributed by atoms with Gasteiger partial charge in [-0.05, 0) is 18.9 Å². The lowest BCUT2D eigenvalue weighted by Gasteiger charge is -2.12. The van der Waals surface area contributed by atoms with Crippen LogP contribution in [-0.4, -0.2) is 12.6 Å². The second kappa shape index (κ2) is 5.95. The van der Waals surface area contributed by atoms with E-state index in [9.17, 15) is 0 Å². The molecule has 0 radical (unpaired) electrons. The number of benzene rings is 1. The minimum Gasteiger partial charge on any atom is -0.491 e. The van der Waals surface area contributed by atoms with Crippen molar-refractivity contribution in [2.24, 2.45) is 0 Å². The zero-order chi connectivity index (χ0) is 12.1. The molecule has 0 heterocycles. The first-order valence-electron chi connectivity index (χ1n) is 5.88. The highest BCUT2D eigenvalue weighted by atomic mass is 35.5. The van der Waals surface area contributed by atoms with Gasteiger partial charge in [0.15, 0.2) is 0 Å². The maximum atomic E-state index is 6.13. The van der Waals surface area contributed by atoms with Gasteiger partial charge in [-0.3, -0.25) is 0 Å². The summed E-state index contributed by atoms with van der Waals surface area (Å²) in [7, 11) is 0. The van der Waals surface area contributed by atoms with Crippen molar-refractivity contribution in [1.82, 2.24) is 5.32 Å². The molecule has 90 valence electrons. The Kier molecular flexibility index (Phi) is 4.30. The molecule has 1 saturated carbocycles. The third-order valence-electron chi connectivity index (χ3n) is 2.70. The second-order valence-electron chi connectivity index (χ2n) is 4.19. The predicted octanol–water partition coefficient (Wildman–Crippen LogP) is 2.99. The maximum Gasteiger partial charge on any atom is 0.142 e. The van der Waals surface area contributed by atoms with E-state index in [0.29, 0.717) is 24.1 Å². The van der Waals surface area contributed by atoms with Crippen LogP contribution in [0.1, 0.15) is 24.8 Å². The number of hydrogen-bond donors (Lipinski definition) is 1. The molecule has 2 rings (SSSR count). The third-order valence-corrected chi connectivity index (χ3v) is 3.00. The molecular weight excluding hydrogens is 234 g/mol. The van der Waals surface area contributed by atoms with Crippen LogP contribution in [0.15, 0.2) is 18.2 Å². The number of halogens is 1. The molecule has 0 amide bonds. The summed E-state index contributed by atoms with van der Waals surface area (Å²) >= 11 is 6.13. The zero-order valence-corrected chi connectivity index (χ0v) is 10.5. The van der Waals surface area contributed by atoms with E-state index in [-0.39, 0.29) is 0 Å². The van der Waals surface area contributed by atoms with Crippen LogP contribution in [0, 0.1) is 12.3 Å². The quantitative estimate of drug-likeness (QED) is 0.618. The van der Waals surface area contributed by atoms with E-state index in [1.54, 1.807) is 0 Å². The maximum absolute atomic E-state index is 6.13. The van der Waals surface area contributed by atoms with E-state index in [0.717, 1.165) is 17.9 Å². The highest BCUT2D eigenvalue weighted by Gasteiger charge is 2.20. The van der Waals surface area contributed by atoms with Gasteiger partial charge in [0.05, 0.1) is 11.6 Å². The predicted molar refractivity (Wildman–Crippen MR) is 70.3 cm³/mol. The van der Waals surface area contributed by atoms with Crippen LogP contribution in [-0.2, 0) is 6.54 Å². The summed E-state index contributed by atoms with van der Waals surface area (Å²) in [5.74, 6) is 3.32. The standard InChI is InChI=1S/C14H16ClNO/c1-2-3-9-17-14-11(5-4-6-13(14)15)10-16-12-7-8-12/h1,4-6,12,16H,3,7-10H2. The van der Waals surface area contributed by atoms with Crippen LogP contribution < -0.4 is 10.1 Å². The Bertz CT molecular complexity index is 421. The molecule has 1 fully saturated rings. The Labute approximate surface area is 107 Å². The van der Waals surface area contributed by atoms with Gasteiger partial charge < -0.3 is 10.1 Å². The lowest BCUT2D eigenvalue weighted by Crippen LogP contribution is -2.16. The molecule has 0 saturated heterocycles. The average molecular weight is 250 g/mol. The van der Waals surface area contributed by atoms with Crippen molar-refractivity contribution in [3.63, 3.8) is 0 Å². The normalized spacial score (nSPS) is 14.4. The molecule has 1 aliphatic carbocycles. The molecule has 0 aliphatic heterocycles. The minimum atomic E-state index is 0.511. The molecule has 0 unspecified atom stereocenters. The van der Waals surface area contributed by atoms with Crippen molar-refractivity contribution >= 4 is 11.6 Å². The van der Waals surface area contributed by atoms with E-state index in [1.165, 1.54) is 12.8 Å². The summed E-state index contributed by atoms with van der Waals surface area (Å²) in [6, 6.07) is 6.49. The van der Waals surface area contributed by atoms with Crippen LogP contribution in [0.5, 0.6) is 5.75 Å². The molecule has 1 N–H and O–H groups in total. The minimum absolute atomic E-state index is 0.511. The molecule has 0 bridgehead atoms. The lowest BCUT2D eigenvalue weighted by molar-refractivity contribution is 0.323. The number of terminal acetylenes is 1. The average Bonchev–Trinajstić information content (AvgIpc) is 3.13. The van der Waals surface area contributed by atoms with Crippen molar-refractivity contribution in [3.8, 4) is 18.1 Å².